The molecule has 26 heavy (non-hydrogen) atoms. The van der Waals surface area contributed by atoms with E-state index >= 15 is 0 Å². The van der Waals surface area contributed by atoms with Crippen LogP contribution >= 0.6 is 0 Å². The van der Waals surface area contributed by atoms with Gasteiger partial charge < -0.3 is 9.84 Å². The van der Waals surface area contributed by atoms with E-state index in [1.165, 1.54) is 12.8 Å². The molecule has 138 valence electrons. The maximum Gasteiger partial charge on any atom is 0.227 e. The monoisotopic (exact) mass is 354 g/mol. The molecule has 6 nitrogen and oxygen atoms in total. The van der Waals surface area contributed by atoms with Gasteiger partial charge in [0.25, 0.3) is 0 Å². The van der Waals surface area contributed by atoms with Crippen molar-refractivity contribution in [3.05, 3.63) is 30.4 Å². The highest BCUT2D eigenvalue weighted by Crippen LogP contribution is 2.65. The van der Waals surface area contributed by atoms with E-state index in [1.54, 1.807) is 12.4 Å². The van der Waals surface area contributed by atoms with Crippen molar-refractivity contribution in [2.24, 2.45) is 16.7 Å². The van der Waals surface area contributed by atoms with Gasteiger partial charge in [-0.1, -0.05) is 25.9 Å². The van der Waals surface area contributed by atoms with Gasteiger partial charge in [-0.25, -0.2) is 0 Å². The van der Waals surface area contributed by atoms with E-state index in [4.69, 9.17) is 4.52 Å². The smallest absolute Gasteiger partial charge is 0.227 e. The molecule has 4 rings (SSSR count). The van der Waals surface area contributed by atoms with Gasteiger partial charge in [0.2, 0.25) is 17.6 Å². The predicted octanol–water partition coefficient (Wildman–Crippen LogP) is 3.40. The second-order valence-corrected chi connectivity index (χ2v) is 8.48. The van der Waals surface area contributed by atoms with Gasteiger partial charge in [-0.3, -0.25) is 9.78 Å². The van der Waals surface area contributed by atoms with E-state index < -0.39 is 0 Å². The van der Waals surface area contributed by atoms with Gasteiger partial charge >= 0.3 is 0 Å². The number of carbonyl (C=O) groups excluding carboxylic acids is 1. The van der Waals surface area contributed by atoms with Crippen molar-refractivity contribution in [1.29, 1.82) is 0 Å². The van der Waals surface area contributed by atoms with E-state index in [9.17, 15) is 4.79 Å². The molecule has 2 aromatic heterocycles. The number of carbonyl (C=O) groups is 1. The van der Waals surface area contributed by atoms with Crippen LogP contribution in [0.2, 0.25) is 0 Å². The van der Waals surface area contributed by atoms with Crippen LogP contribution in [0.4, 0.5) is 0 Å². The summed E-state index contributed by atoms with van der Waals surface area (Å²) in [6.45, 7) is 7.05. The molecule has 0 saturated heterocycles. The van der Waals surface area contributed by atoms with Crippen molar-refractivity contribution in [2.75, 3.05) is 0 Å². The third-order valence-electron chi connectivity index (χ3n) is 7.10. The second-order valence-electron chi connectivity index (χ2n) is 8.48. The number of aromatic nitrogens is 3. The van der Waals surface area contributed by atoms with Gasteiger partial charge in [-0.15, -0.1) is 0 Å². The van der Waals surface area contributed by atoms with Crippen LogP contribution in [0.25, 0.3) is 11.4 Å². The minimum atomic E-state index is 0.0724. The Kier molecular flexibility index (Phi) is 4.09. The molecule has 2 heterocycles. The number of fused-ring (bicyclic) bond motifs is 2. The third-order valence-corrected chi connectivity index (χ3v) is 7.10. The highest BCUT2D eigenvalue weighted by Gasteiger charge is 2.61. The average Bonchev–Trinajstić information content (AvgIpc) is 3.24. The zero-order valence-corrected chi connectivity index (χ0v) is 15.7. The number of amides is 1. The first-order valence-corrected chi connectivity index (χ1v) is 9.42. The Morgan fingerprint density at radius 3 is 2.73 bits per heavy atom. The first-order chi connectivity index (χ1) is 12.4. The molecule has 6 heteroatoms. The van der Waals surface area contributed by atoms with E-state index in [2.05, 4.69) is 41.2 Å². The zero-order chi connectivity index (χ0) is 18.4. The van der Waals surface area contributed by atoms with Crippen LogP contribution in [0.5, 0.6) is 0 Å². The lowest BCUT2D eigenvalue weighted by atomic mass is 9.69. The lowest BCUT2D eigenvalue weighted by Gasteiger charge is -2.39. The molecule has 1 N–H and O–H groups in total. The minimum absolute atomic E-state index is 0.0724. The van der Waals surface area contributed by atoms with E-state index in [-0.39, 0.29) is 17.4 Å². The van der Waals surface area contributed by atoms with Crippen LogP contribution in [0.15, 0.2) is 29.0 Å². The van der Waals surface area contributed by atoms with E-state index in [0.29, 0.717) is 30.0 Å². The number of nitrogens with one attached hydrogen (secondary N) is 1. The molecule has 0 radical (unpaired) electrons. The average molecular weight is 354 g/mol. The molecule has 2 aliphatic rings. The minimum Gasteiger partial charge on any atom is -0.353 e. The third kappa shape index (κ3) is 2.72. The Hall–Kier alpha value is -2.24. The van der Waals surface area contributed by atoms with Gasteiger partial charge in [0.15, 0.2) is 0 Å². The topological polar surface area (TPSA) is 80.9 Å². The number of hydrogen-bond acceptors (Lipinski definition) is 5. The Bertz CT molecular complexity index is 801. The van der Waals surface area contributed by atoms with Gasteiger partial charge in [-0.2, -0.15) is 4.98 Å². The SMILES string of the molecule is CC1(C)C2CCC1(C)C(NC(=O)CCc1nc(-c3ccncc3)no1)C2. The second kappa shape index (κ2) is 6.18. The summed E-state index contributed by atoms with van der Waals surface area (Å²) >= 11 is 0. The van der Waals surface area contributed by atoms with Crippen LogP contribution < -0.4 is 5.32 Å². The van der Waals surface area contributed by atoms with Crippen molar-refractivity contribution in [2.45, 2.75) is 58.9 Å². The van der Waals surface area contributed by atoms with Crippen LogP contribution in [0, 0.1) is 16.7 Å². The maximum atomic E-state index is 12.5. The maximum absolute atomic E-state index is 12.5. The summed E-state index contributed by atoms with van der Waals surface area (Å²) in [5.74, 6) is 1.82. The van der Waals surface area contributed by atoms with Crippen LogP contribution in [0.3, 0.4) is 0 Å². The van der Waals surface area contributed by atoms with E-state index in [0.717, 1.165) is 17.9 Å². The molecule has 2 fully saturated rings. The summed E-state index contributed by atoms with van der Waals surface area (Å²) in [7, 11) is 0. The number of pyridine rings is 1. The van der Waals surface area contributed by atoms with Gasteiger partial charge in [0.1, 0.15) is 0 Å². The molecule has 0 spiro atoms. The number of aryl methyl sites for hydroxylation is 1. The van der Waals surface area contributed by atoms with E-state index in [1.807, 2.05) is 12.1 Å². The largest absolute Gasteiger partial charge is 0.353 e. The molecular weight excluding hydrogens is 328 g/mol. The van der Waals surface area contributed by atoms with Crippen LogP contribution in [0.1, 0.15) is 52.3 Å². The predicted molar refractivity (Wildman–Crippen MR) is 97.0 cm³/mol. The summed E-state index contributed by atoms with van der Waals surface area (Å²) in [5.41, 5.74) is 1.36. The van der Waals surface area contributed by atoms with Crippen molar-refractivity contribution in [1.82, 2.24) is 20.4 Å². The molecule has 2 aromatic rings. The van der Waals surface area contributed by atoms with Gasteiger partial charge in [0.05, 0.1) is 0 Å². The summed E-state index contributed by atoms with van der Waals surface area (Å²) in [5, 5.41) is 7.26. The highest BCUT2D eigenvalue weighted by atomic mass is 16.5. The normalized spacial score (nSPS) is 29.0. The molecule has 2 saturated carbocycles. The van der Waals surface area contributed by atoms with Gasteiger partial charge in [-0.05, 0) is 48.1 Å². The fourth-order valence-corrected chi connectivity index (χ4v) is 4.88. The van der Waals surface area contributed by atoms with Gasteiger partial charge in [0, 0.05) is 36.8 Å². The number of nitrogens with zero attached hydrogens (tertiary/aromatic N) is 3. The number of hydrogen-bond donors (Lipinski definition) is 1. The quantitative estimate of drug-likeness (QED) is 0.890. The fraction of sp³-hybridized carbons (Fsp3) is 0.600. The first-order valence-electron chi connectivity index (χ1n) is 9.42. The molecule has 3 atom stereocenters. The molecule has 2 bridgehead atoms. The Morgan fingerprint density at radius 1 is 1.31 bits per heavy atom. The summed E-state index contributed by atoms with van der Waals surface area (Å²) in [4.78, 5) is 20.8. The standard InChI is InChI=1S/C20H26N4O2/c1-19(2)14-6-9-20(19,3)15(12-14)22-16(25)4-5-17-23-18(24-26-17)13-7-10-21-11-8-13/h7-8,10-11,14-15H,4-6,9,12H2,1-3H3,(H,22,25). The Morgan fingerprint density at radius 2 is 2.08 bits per heavy atom. The molecule has 0 aromatic carbocycles. The van der Waals surface area contributed by atoms with Crippen LogP contribution in [-0.4, -0.2) is 27.1 Å². The molecule has 2 aliphatic carbocycles. The number of rotatable bonds is 5. The van der Waals surface area contributed by atoms with Crippen molar-refractivity contribution < 1.29 is 9.32 Å². The Labute approximate surface area is 153 Å². The Balaban J connectivity index is 1.34. The van der Waals surface area contributed by atoms with Crippen molar-refractivity contribution >= 4 is 5.91 Å². The summed E-state index contributed by atoms with van der Waals surface area (Å²) in [6.07, 6.45) is 7.80. The lowest BCUT2D eigenvalue weighted by Crippen LogP contribution is -2.46. The summed E-state index contributed by atoms with van der Waals surface area (Å²) < 4.78 is 5.28. The fourth-order valence-electron chi connectivity index (χ4n) is 4.88. The summed E-state index contributed by atoms with van der Waals surface area (Å²) in [6, 6.07) is 3.94. The van der Waals surface area contributed by atoms with Crippen molar-refractivity contribution in [3.8, 4) is 11.4 Å². The molecule has 3 unspecified atom stereocenters. The highest BCUT2D eigenvalue weighted by molar-refractivity contribution is 5.76. The van der Waals surface area contributed by atoms with Crippen molar-refractivity contribution in [3.63, 3.8) is 0 Å². The first kappa shape index (κ1) is 17.2. The zero-order valence-electron chi connectivity index (χ0n) is 15.7. The lowest BCUT2D eigenvalue weighted by molar-refractivity contribution is -0.122. The molecule has 1 amide bonds. The molecule has 0 aliphatic heterocycles. The van der Waals surface area contributed by atoms with Crippen LogP contribution in [-0.2, 0) is 11.2 Å². The molecular formula is C20H26N4O2.